The number of nitrogens with zero attached hydrogens (tertiary/aromatic N) is 4. The number of aryl methyl sites for hydroxylation is 2. The predicted octanol–water partition coefficient (Wildman–Crippen LogP) is 4.93. The second-order valence-corrected chi connectivity index (χ2v) is 9.97. The Hall–Kier alpha value is -3.82. The van der Waals surface area contributed by atoms with Crippen molar-refractivity contribution in [1.82, 2.24) is 14.5 Å². The molecule has 3 N–H and O–H groups in total. The minimum absolute atomic E-state index is 0.161. The van der Waals surface area contributed by atoms with Gasteiger partial charge in [-0.1, -0.05) is 59.9 Å². The number of hydrogen-bond donors (Lipinski definition) is 2. The van der Waals surface area contributed by atoms with Crippen molar-refractivity contribution in [2.75, 3.05) is 5.73 Å². The van der Waals surface area contributed by atoms with E-state index >= 15 is 0 Å². The number of nitrogens with one attached hydrogen (secondary N) is 1. The Balaban J connectivity index is 1.68. The van der Waals surface area contributed by atoms with Crippen molar-refractivity contribution in [3.05, 3.63) is 91.8 Å². The van der Waals surface area contributed by atoms with Crippen LogP contribution in [0, 0.1) is 13.8 Å². The molecule has 0 fully saturated rings. The van der Waals surface area contributed by atoms with Gasteiger partial charge in [0.25, 0.3) is 5.56 Å². The molecule has 3 heterocycles. The van der Waals surface area contributed by atoms with Crippen LogP contribution in [0.2, 0.25) is 0 Å². The number of H-pyrrole nitrogens is 1. The number of thiazole rings is 1. The molecule has 9 heteroatoms. The highest BCUT2D eigenvalue weighted by atomic mass is 32.1. The van der Waals surface area contributed by atoms with Crippen molar-refractivity contribution >= 4 is 50.2 Å². The van der Waals surface area contributed by atoms with Gasteiger partial charge in [-0.25, -0.2) is 15.0 Å². The van der Waals surface area contributed by atoms with Gasteiger partial charge in [0.15, 0.2) is 16.5 Å². The number of nitrogen functional groups attached to an aromatic ring is 1. The summed E-state index contributed by atoms with van der Waals surface area (Å²) in [5, 5.41) is 0.636. The van der Waals surface area contributed by atoms with Crippen LogP contribution < -0.4 is 16.1 Å². The van der Waals surface area contributed by atoms with Crippen LogP contribution >= 0.6 is 22.7 Å². The summed E-state index contributed by atoms with van der Waals surface area (Å²) < 4.78 is 1.79. The Labute approximate surface area is 203 Å². The highest BCUT2D eigenvalue weighted by Crippen LogP contribution is 2.30. The first-order valence-corrected chi connectivity index (χ1v) is 12.2. The summed E-state index contributed by atoms with van der Waals surface area (Å²) >= 11 is 2.87. The molecule has 0 aliphatic heterocycles. The number of benzene rings is 2. The molecule has 170 valence electrons. The molecule has 0 saturated carbocycles. The van der Waals surface area contributed by atoms with Crippen molar-refractivity contribution in [3.8, 4) is 10.7 Å². The molecular weight excluding hydrogens is 464 g/mol. The summed E-state index contributed by atoms with van der Waals surface area (Å²) in [7, 11) is 1.84. The van der Waals surface area contributed by atoms with Crippen LogP contribution in [-0.4, -0.2) is 20.4 Å². The third-order valence-electron chi connectivity index (χ3n) is 5.55. The molecule has 0 amide bonds. The minimum Gasteiger partial charge on any atom is -0.384 e. The number of hydrogen-bond acceptors (Lipinski definition) is 6. The Kier molecular flexibility index (Phi) is 5.72. The second-order valence-electron chi connectivity index (χ2n) is 7.78. The van der Waals surface area contributed by atoms with Gasteiger partial charge in [0.1, 0.15) is 15.5 Å². The van der Waals surface area contributed by atoms with E-state index in [4.69, 9.17) is 20.7 Å². The topological polar surface area (TPSA) is 101 Å². The Bertz CT molecular complexity index is 1660. The molecule has 0 spiro atoms. The number of amidine groups is 1. The molecule has 0 aliphatic carbocycles. The summed E-state index contributed by atoms with van der Waals surface area (Å²) in [6.45, 7) is 3.94. The van der Waals surface area contributed by atoms with Gasteiger partial charge in [-0.05, 0) is 31.5 Å². The maximum atomic E-state index is 12.8. The monoisotopic (exact) mass is 486 g/mol. The Morgan fingerprint density at radius 3 is 2.41 bits per heavy atom. The number of fused-ring (bicyclic) bond motifs is 1. The van der Waals surface area contributed by atoms with Gasteiger partial charge in [0.05, 0.1) is 11.1 Å². The first-order chi connectivity index (χ1) is 16.4. The van der Waals surface area contributed by atoms with Crippen LogP contribution in [0.5, 0.6) is 0 Å². The molecule has 0 aliphatic rings. The van der Waals surface area contributed by atoms with Gasteiger partial charge in [-0.3, -0.25) is 4.79 Å². The van der Waals surface area contributed by atoms with Gasteiger partial charge in [-0.15, -0.1) is 11.3 Å². The van der Waals surface area contributed by atoms with E-state index in [0.717, 1.165) is 21.7 Å². The van der Waals surface area contributed by atoms with E-state index < -0.39 is 0 Å². The third kappa shape index (κ3) is 4.00. The smallest absolute Gasteiger partial charge is 0.260 e. The molecule has 7 nitrogen and oxygen atoms in total. The van der Waals surface area contributed by atoms with Crippen LogP contribution in [-0.2, 0) is 7.05 Å². The molecular formula is C25H22N6OS2. The van der Waals surface area contributed by atoms with E-state index in [1.165, 1.54) is 22.7 Å². The minimum atomic E-state index is -0.161. The average molecular weight is 487 g/mol. The normalized spacial score (nSPS) is 12.6. The van der Waals surface area contributed by atoms with Crippen LogP contribution in [0.25, 0.3) is 20.9 Å². The maximum absolute atomic E-state index is 12.8. The largest absolute Gasteiger partial charge is 0.384 e. The Morgan fingerprint density at radius 2 is 1.71 bits per heavy atom. The van der Waals surface area contributed by atoms with E-state index in [0.29, 0.717) is 37.4 Å². The van der Waals surface area contributed by atoms with Crippen molar-refractivity contribution in [2.24, 2.45) is 17.0 Å². The van der Waals surface area contributed by atoms with E-state index in [1.807, 2.05) is 81.6 Å². The maximum Gasteiger partial charge on any atom is 0.260 e. The van der Waals surface area contributed by atoms with Crippen molar-refractivity contribution < 1.29 is 0 Å². The number of thiophene rings is 1. The molecule has 0 unspecified atom stereocenters. The standard InChI is InChI=1S/C25H22N6OS2/c1-14-15(2)33-24-18(14)23(32)28-22(29-24)19-20(26)31(3)25(34-19)30-21(16-10-6-4-7-11-16)27-17-12-8-5-9-13-17/h4-13H,26H2,1-3H3,(H,28,29,32). The summed E-state index contributed by atoms with van der Waals surface area (Å²) in [4.78, 5) is 33.2. The summed E-state index contributed by atoms with van der Waals surface area (Å²) in [6, 6.07) is 19.5. The molecule has 0 saturated heterocycles. The number of aliphatic imine (C=N–C) groups is 1. The van der Waals surface area contributed by atoms with Crippen LogP contribution in [0.4, 0.5) is 11.5 Å². The average Bonchev–Trinajstić information content (AvgIpc) is 3.29. The van der Waals surface area contributed by atoms with Gasteiger partial charge >= 0.3 is 0 Å². The quantitative estimate of drug-likeness (QED) is 0.279. The lowest BCUT2D eigenvalue weighted by atomic mass is 10.2. The van der Waals surface area contributed by atoms with E-state index in [9.17, 15) is 4.79 Å². The van der Waals surface area contributed by atoms with Crippen LogP contribution in [0.3, 0.4) is 0 Å². The van der Waals surface area contributed by atoms with Crippen molar-refractivity contribution in [1.29, 1.82) is 0 Å². The number of aromatic nitrogens is 3. The molecule has 2 aromatic carbocycles. The summed E-state index contributed by atoms with van der Waals surface area (Å²) in [5.74, 6) is 1.49. The summed E-state index contributed by atoms with van der Waals surface area (Å²) in [5.41, 5.74) is 8.94. The van der Waals surface area contributed by atoms with E-state index in [-0.39, 0.29) is 5.56 Å². The fourth-order valence-electron chi connectivity index (χ4n) is 3.55. The number of para-hydroxylation sites is 1. The van der Waals surface area contributed by atoms with Gasteiger partial charge in [0.2, 0.25) is 0 Å². The fourth-order valence-corrected chi connectivity index (χ4v) is 5.57. The van der Waals surface area contributed by atoms with E-state index in [2.05, 4.69) is 4.98 Å². The molecule has 34 heavy (non-hydrogen) atoms. The number of aromatic amines is 1. The fraction of sp³-hybridized carbons (Fsp3) is 0.120. The van der Waals surface area contributed by atoms with Crippen LogP contribution in [0.1, 0.15) is 16.0 Å². The van der Waals surface area contributed by atoms with Crippen molar-refractivity contribution in [3.63, 3.8) is 0 Å². The molecule has 0 radical (unpaired) electrons. The second kappa shape index (κ2) is 8.85. The van der Waals surface area contributed by atoms with Gasteiger partial charge in [0, 0.05) is 17.5 Å². The number of nitrogens with two attached hydrogens (primary N) is 1. The Morgan fingerprint density at radius 1 is 1.03 bits per heavy atom. The number of rotatable bonds is 3. The first kappa shape index (κ1) is 22.0. The highest BCUT2D eigenvalue weighted by Gasteiger charge is 2.17. The third-order valence-corrected chi connectivity index (χ3v) is 7.81. The molecule has 0 atom stereocenters. The molecule has 0 bridgehead atoms. The molecule has 5 rings (SSSR count). The van der Waals surface area contributed by atoms with E-state index in [1.54, 1.807) is 4.57 Å². The van der Waals surface area contributed by atoms with Crippen molar-refractivity contribution in [2.45, 2.75) is 13.8 Å². The SMILES string of the molecule is Cc1sc2nc(-c3sc(=NC(=Nc4ccccc4)c4ccccc4)n(C)c3N)[nH]c(=O)c2c1C. The number of anilines is 1. The zero-order valence-electron chi connectivity index (χ0n) is 18.9. The van der Waals surface area contributed by atoms with Gasteiger partial charge < -0.3 is 15.3 Å². The first-order valence-electron chi connectivity index (χ1n) is 10.6. The molecule has 5 aromatic rings. The predicted molar refractivity (Wildman–Crippen MR) is 141 cm³/mol. The zero-order chi connectivity index (χ0) is 23.8. The summed E-state index contributed by atoms with van der Waals surface area (Å²) in [6.07, 6.45) is 0. The van der Waals surface area contributed by atoms with Crippen LogP contribution in [0.15, 0.2) is 75.4 Å². The lowest BCUT2D eigenvalue weighted by molar-refractivity contribution is 0.890. The lowest BCUT2D eigenvalue weighted by Crippen LogP contribution is -2.15. The zero-order valence-corrected chi connectivity index (χ0v) is 20.5. The van der Waals surface area contributed by atoms with Gasteiger partial charge in [-0.2, -0.15) is 0 Å². The molecule has 3 aromatic heterocycles. The lowest BCUT2D eigenvalue weighted by Gasteiger charge is -2.02. The highest BCUT2D eigenvalue weighted by molar-refractivity contribution is 7.18.